The molecule has 0 aliphatic carbocycles. The Labute approximate surface area is 124 Å². The second kappa shape index (κ2) is 6.95. The summed E-state index contributed by atoms with van der Waals surface area (Å²) in [5, 5.41) is 2.88. The lowest BCUT2D eigenvalue weighted by Gasteiger charge is -2.31. The summed E-state index contributed by atoms with van der Waals surface area (Å²) in [5.74, 6) is -0.0816. The van der Waals surface area contributed by atoms with Crippen molar-refractivity contribution in [2.75, 3.05) is 18.8 Å². The van der Waals surface area contributed by atoms with Gasteiger partial charge in [0.15, 0.2) is 0 Å². The van der Waals surface area contributed by atoms with Gasteiger partial charge < -0.3 is 5.32 Å². The number of piperidine rings is 1. The van der Waals surface area contributed by atoms with Gasteiger partial charge in [-0.1, -0.05) is 6.92 Å². The first-order valence-electron chi connectivity index (χ1n) is 7.07. The highest BCUT2D eigenvalue weighted by atomic mass is 32.2. The first-order chi connectivity index (χ1) is 10.0. The van der Waals surface area contributed by atoms with E-state index < -0.39 is 10.0 Å². The quantitative estimate of drug-likeness (QED) is 0.850. The van der Waals surface area contributed by atoms with E-state index in [4.69, 9.17) is 0 Å². The zero-order valence-corrected chi connectivity index (χ0v) is 12.8. The SMILES string of the molecule is CCCS(=O)(=O)N1CCC(NC(=O)c2cnccn2)CC1. The molecular formula is C13H20N4O3S. The van der Waals surface area contributed by atoms with Gasteiger partial charge >= 0.3 is 0 Å². The zero-order valence-electron chi connectivity index (χ0n) is 12.0. The molecule has 1 saturated heterocycles. The van der Waals surface area contributed by atoms with E-state index in [9.17, 15) is 13.2 Å². The minimum absolute atomic E-state index is 0.0208. The van der Waals surface area contributed by atoms with E-state index in [1.165, 1.54) is 22.9 Å². The molecule has 1 aliphatic rings. The van der Waals surface area contributed by atoms with E-state index in [1.54, 1.807) is 0 Å². The zero-order chi connectivity index (χ0) is 15.3. The summed E-state index contributed by atoms with van der Waals surface area (Å²) in [6.07, 6.45) is 6.24. The number of amides is 1. The number of nitrogens with one attached hydrogen (secondary N) is 1. The average molecular weight is 312 g/mol. The number of hydrogen-bond acceptors (Lipinski definition) is 5. The number of hydrogen-bond donors (Lipinski definition) is 1. The van der Waals surface area contributed by atoms with Crippen LogP contribution in [0.25, 0.3) is 0 Å². The third-order valence-electron chi connectivity index (χ3n) is 3.44. The highest BCUT2D eigenvalue weighted by molar-refractivity contribution is 7.89. The second-order valence-corrected chi connectivity index (χ2v) is 7.14. The predicted octanol–water partition coefficient (Wildman–Crippen LogP) is 0.411. The van der Waals surface area contributed by atoms with Crippen LogP contribution in [-0.4, -0.2) is 53.5 Å². The first kappa shape index (κ1) is 15.8. The van der Waals surface area contributed by atoms with Crippen molar-refractivity contribution in [1.29, 1.82) is 0 Å². The Morgan fingerprint density at radius 3 is 2.67 bits per heavy atom. The van der Waals surface area contributed by atoms with E-state index in [0.717, 1.165) is 0 Å². The van der Waals surface area contributed by atoms with E-state index in [-0.39, 0.29) is 23.4 Å². The van der Waals surface area contributed by atoms with Gasteiger partial charge in [-0.2, -0.15) is 0 Å². The Balaban J connectivity index is 1.86. The van der Waals surface area contributed by atoms with Crippen LogP contribution >= 0.6 is 0 Å². The smallest absolute Gasteiger partial charge is 0.271 e. The first-order valence-corrected chi connectivity index (χ1v) is 8.68. The molecule has 1 aromatic heterocycles. The van der Waals surface area contributed by atoms with Crippen LogP contribution in [0.4, 0.5) is 0 Å². The number of nitrogens with zero attached hydrogens (tertiary/aromatic N) is 3. The maximum atomic E-state index is 12.0. The molecule has 2 heterocycles. The summed E-state index contributed by atoms with van der Waals surface area (Å²) < 4.78 is 25.4. The summed E-state index contributed by atoms with van der Waals surface area (Å²) >= 11 is 0. The van der Waals surface area contributed by atoms with Gasteiger partial charge in [0.05, 0.1) is 11.9 Å². The molecule has 0 spiro atoms. The van der Waals surface area contributed by atoms with Crippen molar-refractivity contribution in [1.82, 2.24) is 19.6 Å². The van der Waals surface area contributed by atoms with Gasteiger partial charge in [-0.3, -0.25) is 9.78 Å². The Kier molecular flexibility index (Phi) is 5.24. The van der Waals surface area contributed by atoms with E-state index in [1.807, 2.05) is 6.92 Å². The molecule has 116 valence electrons. The molecule has 0 unspecified atom stereocenters. The van der Waals surface area contributed by atoms with Crippen molar-refractivity contribution in [3.05, 3.63) is 24.3 Å². The van der Waals surface area contributed by atoms with Crippen molar-refractivity contribution in [3.63, 3.8) is 0 Å². The second-order valence-electron chi connectivity index (χ2n) is 5.05. The molecule has 1 fully saturated rings. The molecule has 0 bridgehead atoms. The van der Waals surface area contributed by atoms with Gasteiger partial charge in [-0.05, 0) is 19.3 Å². The summed E-state index contributed by atoms with van der Waals surface area (Å²) in [6, 6.07) is -0.0208. The van der Waals surface area contributed by atoms with Crippen LogP contribution in [0.1, 0.15) is 36.7 Å². The molecule has 0 atom stereocenters. The largest absolute Gasteiger partial charge is 0.348 e. The van der Waals surface area contributed by atoms with Crippen LogP contribution in [0.5, 0.6) is 0 Å². The van der Waals surface area contributed by atoms with Crippen molar-refractivity contribution >= 4 is 15.9 Å². The molecular weight excluding hydrogens is 292 g/mol. The van der Waals surface area contributed by atoms with Gasteiger partial charge in [0.25, 0.3) is 5.91 Å². The molecule has 1 aliphatic heterocycles. The standard InChI is InChI=1S/C13H20N4O3S/c1-2-9-21(19,20)17-7-3-11(4-8-17)16-13(18)12-10-14-5-6-15-12/h5-6,10-11H,2-4,7-9H2,1H3,(H,16,18). The van der Waals surface area contributed by atoms with E-state index in [2.05, 4.69) is 15.3 Å². The Morgan fingerprint density at radius 2 is 2.10 bits per heavy atom. The summed E-state index contributed by atoms with van der Waals surface area (Å²) in [4.78, 5) is 19.7. The topological polar surface area (TPSA) is 92.3 Å². The van der Waals surface area contributed by atoms with Gasteiger partial charge in [0, 0.05) is 31.5 Å². The van der Waals surface area contributed by atoms with E-state index in [0.29, 0.717) is 32.4 Å². The monoisotopic (exact) mass is 312 g/mol. The third kappa shape index (κ3) is 4.21. The van der Waals surface area contributed by atoms with Crippen LogP contribution in [0.3, 0.4) is 0 Å². The fourth-order valence-electron chi connectivity index (χ4n) is 2.34. The number of sulfonamides is 1. The van der Waals surface area contributed by atoms with Gasteiger partial charge in [0.1, 0.15) is 5.69 Å². The van der Waals surface area contributed by atoms with Crippen molar-refractivity contribution < 1.29 is 13.2 Å². The molecule has 1 N–H and O–H groups in total. The van der Waals surface area contributed by atoms with E-state index >= 15 is 0 Å². The molecule has 21 heavy (non-hydrogen) atoms. The van der Waals surface area contributed by atoms with Gasteiger partial charge in [-0.15, -0.1) is 0 Å². The van der Waals surface area contributed by atoms with Gasteiger partial charge in [0.2, 0.25) is 10.0 Å². The van der Waals surface area contributed by atoms with Crippen LogP contribution in [0.15, 0.2) is 18.6 Å². The van der Waals surface area contributed by atoms with Crippen LogP contribution in [0, 0.1) is 0 Å². The molecule has 0 aromatic carbocycles. The maximum absolute atomic E-state index is 12.0. The lowest BCUT2D eigenvalue weighted by Crippen LogP contribution is -2.47. The van der Waals surface area contributed by atoms with Crippen molar-refractivity contribution in [3.8, 4) is 0 Å². The molecule has 0 radical (unpaired) electrons. The summed E-state index contributed by atoms with van der Waals surface area (Å²) in [5.41, 5.74) is 0.276. The molecule has 7 nitrogen and oxygen atoms in total. The molecule has 1 aromatic rings. The fraction of sp³-hybridized carbons (Fsp3) is 0.615. The minimum atomic E-state index is -3.14. The Hall–Kier alpha value is -1.54. The molecule has 2 rings (SSSR count). The minimum Gasteiger partial charge on any atom is -0.348 e. The number of rotatable bonds is 5. The predicted molar refractivity (Wildman–Crippen MR) is 78.2 cm³/mol. The fourth-order valence-corrected chi connectivity index (χ4v) is 3.88. The average Bonchev–Trinajstić information content (AvgIpc) is 2.48. The maximum Gasteiger partial charge on any atom is 0.271 e. The number of aromatic nitrogens is 2. The lowest BCUT2D eigenvalue weighted by molar-refractivity contribution is 0.0918. The molecule has 0 saturated carbocycles. The van der Waals surface area contributed by atoms with Gasteiger partial charge in [-0.25, -0.2) is 17.7 Å². The Bertz CT molecular complexity index is 568. The lowest BCUT2D eigenvalue weighted by atomic mass is 10.1. The molecule has 1 amide bonds. The highest BCUT2D eigenvalue weighted by Gasteiger charge is 2.28. The third-order valence-corrected chi connectivity index (χ3v) is 5.52. The molecule has 8 heteroatoms. The van der Waals surface area contributed by atoms with Crippen LogP contribution < -0.4 is 5.32 Å². The Morgan fingerprint density at radius 1 is 1.38 bits per heavy atom. The van der Waals surface area contributed by atoms with Crippen molar-refractivity contribution in [2.24, 2.45) is 0 Å². The van der Waals surface area contributed by atoms with Crippen LogP contribution in [0.2, 0.25) is 0 Å². The number of carbonyl (C=O) groups excluding carboxylic acids is 1. The normalized spacial score (nSPS) is 17.6. The summed E-state index contributed by atoms with van der Waals surface area (Å²) in [7, 11) is -3.14. The summed E-state index contributed by atoms with van der Waals surface area (Å²) in [6.45, 7) is 2.76. The van der Waals surface area contributed by atoms with Crippen LogP contribution in [-0.2, 0) is 10.0 Å². The highest BCUT2D eigenvalue weighted by Crippen LogP contribution is 2.15. The number of carbonyl (C=O) groups is 1. The van der Waals surface area contributed by atoms with Crippen molar-refractivity contribution in [2.45, 2.75) is 32.2 Å².